The first-order valence-corrected chi connectivity index (χ1v) is 10.2. The van der Waals surface area contributed by atoms with E-state index >= 15 is 0 Å². The summed E-state index contributed by atoms with van der Waals surface area (Å²) >= 11 is 0. The van der Waals surface area contributed by atoms with Gasteiger partial charge in [-0.1, -0.05) is 18.2 Å². The molecule has 29 heavy (non-hydrogen) atoms. The fourth-order valence-electron chi connectivity index (χ4n) is 3.29. The Balaban J connectivity index is 1.55. The Morgan fingerprint density at radius 1 is 1.00 bits per heavy atom. The van der Waals surface area contributed by atoms with Crippen LogP contribution >= 0.6 is 0 Å². The van der Waals surface area contributed by atoms with Crippen LogP contribution in [0, 0.1) is 0 Å². The lowest BCUT2D eigenvalue weighted by Crippen LogP contribution is -2.43. The van der Waals surface area contributed by atoms with Gasteiger partial charge in [0.2, 0.25) is 0 Å². The van der Waals surface area contributed by atoms with E-state index in [9.17, 15) is 4.79 Å². The molecule has 0 saturated carbocycles. The van der Waals surface area contributed by atoms with Crippen molar-refractivity contribution in [1.29, 1.82) is 0 Å². The first kappa shape index (κ1) is 21.0. The topological polar surface area (TPSA) is 60.0 Å². The van der Waals surface area contributed by atoms with Crippen molar-refractivity contribution in [3.05, 3.63) is 54.1 Å². The van der Waals surface area contributed by atoms with Gasteiger partial charge in [0.25, 0.3) is 5.91 Å². The molecule has 0 aliphatic carbocycles. The van der Waals surface area contributed by atoms with Crippen molar-refractivity contribution in [2.24, 2.45) is 0 Å². The number of piperidine rings is 1. The summed E-state index contributed by atoms with van der Waals surface area (Å²) in [6.07, 6.45) is 1.95. The van der Waals surface area contributed by atoms with Crippen LogP contribution in [0.1, 0.15) is 30.1 Å². The second-order valence-electron chi connectivity index (χ2n) is 7.16. The van der Waals surface area contributed by atoms with Crippen LogP contribution < -0.4 is 19.5 Å². The predicted octanol–water partition coefficient (Wildman–Crippen LogP) is 3.37. The van der Waals surface area contributed by atoms with Gasteiger partial charge in [0.05, 0.1) is 6.61 Å². The number of nitrogens with one attached hydrogen (secondary N) is 1. The van der Waals surface area contributed by atoms with Crippen LogP contribution in [0.3, 0.4) is 0 Å². The molecule has 3 rings (SSSR count). The second kappa shape index (κ2) is 10.7. The molecule has 0 atom stereocenters. The van der Waals surface area contributed by atoms with Crippen molar-refractivity contribution in [2.45, 2.75) is 25.8 Å². The maximum absolute atomic E-state index is 12.6. The summed E-state index contributed by atoms with van der Waals surface area (Å²) in [5.74, 6) is 1.92. The molecule has 156 valence electrons. The van der Waals surface area contributed by atoms with Crippen LogP contribution in [0.5, 0.6) is 17.2 Å². The molecule has 0 unspecified atom stereocenters. The highest BCUT2D eigenvalue weighted by molar-refractivity contribution is 5.95. The number of para-hydroxylation sites is 1. The summed E-state index contributed by atoms with van der Waals surface area (Å²) in [4.78, 5) is 14.9. The zero-order valence-corrected chi connectivity index (χ0v) is 17.2. The maximum atomic E-state index is 12.6. The lowest BCUT2D eigenvalue weighted by molar-refractivity contribution is 0.0916. The Kier molecular flexibility index (Phi) is 7.76. The summed E-state index contributed by atoms with van der Waals surface area (Å²) in [6, 6.07) is 15.2. The Morgan fingerprint density at radius 2 is 1.72 bits per heavy atom. The van der Waals surface area contributed by atoms with Crippen LogP contribution in [0.25, 0.3) is 0 Å². The number of rotatable bonds is 9. The Labute approximate surface area is 172 Å². The lowest BCUT2D eigenvalue weighted by Gasteiger charge is -2.29. The standard InChI is InChI=1S/C23H30N2O4/c1-3-27-22-17-18(23(26)24-19-11-13-25(2)14-12-19)9-10-21(22)29-16-15-28-20-7-5-4-6-8-20/h4-10,17,19H,3,11-16H2,1-2H3,(H,24,26). The average molecular weight is 399 g/mol. The third-order valence-corrected chi connectivity index (χ3v) is 4.91. The molecule has 1 amide bonds. The quantitative estimate of drug-likeness (QED) is 0.657. The minimum Gasteiger partial charge on any atom is -0.490 e. The normalized spacial score (nSPS) is 15.0. The second-order valence-corrected chi connectivity index (χ2v) is 7.16. The SMILES string of the molecule is CCOc1cc(C(=O)NC2CCN(C)CC2)ccc1OCCOc1ccccc1. The van der Waals surface area contributed by atoms with Gasteiger partial charge < -0.3 is 24.4 Å². The minimum absolute atomic E-state index is 0.0699. The Bertz CT molecular complexity index is 774. The molecule has 6 heteroatoms. The molecule has 0 radical (unpaired) electrons. The third kappa shape index (κ3) is 6.39. The number of ether oxygens (including phenoxy) is 3. The van der Waals surface area contributed by atoms with E-state index in [1.54, 1.807) is 18.2 Å². The molecule has 0 aromatic heterocycles. The number of hydrogen-bond acceptors (Lipinski definition) is 5. The van der Waals surface area contributed by atoms with Crippen molar-refractivity contribution in [3.8, 4) is 17.2 Å². The number of likely N-dealkylation sites (tertiary alicyclic amines) is 1. The van der Waals surface area contributed by atoms with Crippen LogP contribution in [0.4, 0.5) is 0 Å². The zero-order valence-electron chi connectivity index (χ0n) is 17.2. The van der Waals surface area contributed by atoms with Gasteiger partial charge in [-0.3, -0.25) is 4.79 Å². The van der Waals surface area contributed by atoms with Gasteiger partial charge >= 0.3 is 0 Å². The lowest BCUT2D eigenvalue weighted by atomic mass is 10.0. The van der Waals surface area contributed by atoms with Crippen molar-refractivity contribution >= 4 is 5.91 Å². The minimum atomic E-state index is -0.0699. The first-order chi connectivity index (χ1) is 14.2. The third-order valence-electron chi connectivity index (χ3n) is 4.91. The maximum Gasteiger partial charge on any atom is 0.251 e. The van der Waals surface area contributed by atoms with E-state index in [0.717, 1.165) is 31.7 Å². The van der Waals surface area contributed by atoms with Gasteiger partial charge in [-0.05, 0) is 70.2 Å². The van der Waals surface area contributed by atoms with Gasteiger partial charge in [-0.25, -0.2) is 0 Å². The Morgan fingerprint density at radius 3 is 2.45 bits per heavy atom. The van der Waals surface area contributed by atoms with Gasteiger partial charge in [-0.15, -0.1) is 0 Å². The largest absolute Gasteiger partial charge is 0.490 e. The molecule has 1 saturated heterocycles. The number of hydrogen-bond donors (Lipinski definition) is 1. The molecule has 0 spiro atoms. The van der Waals surface area contributed by atoms with E-state index in [1.807, 2.05) is 37.3 Å². The predicted molar refractivity (Wildman–Crippen MR) is 113 cm³/mol. The molecule has 1 fully saturated rings. The van der Waals surface area contributed by atoms with Crippen LogP contribution in [0.2, 0.25) is 0 Å². The van der Waals surface area contributed by atoms with Crippen LogP contribution in [-0.2, 0) is 0 Å². The summed E-state index contributed by atoms with van der Waals surface area (Å²) in [5.41, 5.74) is 0.584. The van der Waals surface area contributed by atoms with Crippen molar-refractivity contribution in [2.75, 3.05) is 40.0 Å². The average Bonchev–Trinajstić information content (AvgIpc) is 2.74. The fraction of sp³-hybridized carbons (Fsp3) is 0.435. The molecule has 6 nitrogen and oxygen atoms in total. The summed E-state index contributed by atoms with van der Waals surface area (Å²) in [7, 11) is 2.11. The molecule has 0 bridgehead atoms. The van der Waals surface area contributed by atoms with Gasteiger partial charge in [0.1, 0.15) is 19.0 Å². The highest BCUT2D eigenvalue weighted by atomic mass is 16.5. The monoisotopic (exact) mass is 398 g/mol. The number of nitrogens with zero attached hydrogens (tertiary/aromatic N) is 1. The van der Waals surface area contributed by atoms with E-state index in [4.69, 9.17) is 14.2 Å². The smallest absolute Gasteiger partial charge is 0.251 e. The van der Waals surface area contributed by atoms with E-state index in [-0.39, 0.29) is 11.9 Å². The van der Waals surface area contributed by atoms with Crippen LogP contribution in [0.15, 0.2) is 48.5 Å². The van der Waals surface area contributed by atoms with Gasteiger partial charge in [0.15, 0.2) is 11.5 Å². The molecule has 2 aromatic rings. The molecule has 1 aliphatic heterocycles. The summed E-state index contributed by atoms with van der Waals surface area (Å²) < 4.78 is 17.2. The van der Waals surface area contributed by atoms with Crippen LogP contribution in [-0.4, -0.2) is 56.8 Å². The molecule has 1 heterocycles. The first-order valence-electron chi connectivity index (χ1n) is 10.2. The number of amides is 1. The molecule has 1 N–H and O–H groups in total. The van der Waals surface area contributed by atoms with Gasteiger partial charge in [0, 0.05) is 11.6 Å². The molecular weight excluding hydrogens is 368 g/mol. The number of carbonyl (C=O) groups excluding carboxylic acids is 1. The summed E-state index contributed by atoms with van der Waals surface area (Å²) in [5, 5.41) is 3.13. The van der Waals surface area contributed by atoms with E-state index < -0.39 is 0 Å². The highest BCUT2D eigenvalue weighted by Gasteiger charge is 2.20. The van der Waals surface area contributed by atoms with E-state index in [2.05, 4.69) is 17.3 Å². The molecule has 2 aromatic carbocycles. The number of carbonyl (C=O) groups is 1. The van der Waals surface area contributed by atoms with E-state index in [1.165, 1.54) is 0 Å². The van der Waals surface area contributed by atoms with Crippen molar-refractivity contribution in [3.63, 3.8) is 0 Å². The van der Waals surface area contributed by atoms with Crippen molar-refractivity contribution < 1.29 is 19.0 Å². The number of benzene rings is 2. The van der Waals surface area contributed by atoms with Gasteiger partial charge in [-0.2, -0.15) is 0 Å². The Hall–Kier alpha value is -2.73. The highest BCUT2D eigenvalue weighted by Crippen LogP contribution is 2.28. The summed E-state index contributed by atoms with van der Waals surface area (Å²) in [6.45, 7) is 5.23. The fourth-order valence-corrected chi connectivity index (χ4v) is 3.29. The van der Waals surface area contributed by atoms with Crippen molar-refractivity contribution in [1.82, 2.24) is 10.2 Å². The molecular formula is C23H30N2O4. The zero-order chi connectivity index (χ0) is 20.5. The van der Waals surface area contributed by atoms with E-state index in [0.29, 0.717) is 36.9 Å². The molecule has 1 aliphatic rings.